The van der Waals surface area contributed by atoms with E-state index in [1.807, 2.05) is 31.3 Å². The first-order chi connectivity index (χ1) is 13.9. The van der Waals surface area contributed by atoms with E-state index < -0.39 is 10.0 Å². The van der Waals surface area contributed by atoms with Crippen LogP contribution in [-0.2, 0) is 16.6 Å². The van der Waals surface area contributed by atoms with Crippen molar-refractivity contribution in [1.29, 1.82) is 0 Å². The molecule has 0 aliphatic heterocycles. The molecule has 0 amide bonds. The summed E-state index contributed by atoms with van der Waals surface area (Å²) in [6, 6.07) is 12.3. The van der Waals surface area contributed by atoms with Crippen LogP contribution in [0.15, 0.2) is 66.0 Å². The van der Waals surface area contributed by atoms with Crippen molar-refractivity contribution in [2.24, 2.45) is 5.14 Å². The van der Waals surface area contributed by atoms with Crippen LogP contribution < -0.4 is 9.88 Å². The highest BCUT2D eigenvalue weighted by Crippen LogP contribution is 2.36. The third-order valence-corrected chi connectivity index (χ3v) is 5.73. The Morgan fingerprint density at radius 1 is 1.10 bits per heavy atom. The molecule has 0 fully saturated rings. The summed E-state index contributed by atoms with van der Waals surface area (Å²) in [5.41, 5.74) is 4.57. The maximum Gasteiger partial charge on any atom is 0.238 e. The monoisotopic (exact) mass is 408 g/mol. The van der Waals surface area contributed by atoms with Crippen LogP contribution in [0.1, 0.15) is 11.1 Å². The smallest absolute Gasteiger partial charge is 0.238 e. The molecule has 0 saturated carbocycles. The highest BCUT2D eigenvalue weighted by molar-refractivity contribution is 7.89. The quantitative estimate of drug-likeness (QED) is 0.547. The molecule has 0 unspecified atom stereocenters. The van der Waals surface area contributed by atoms with Crippen molar-refractivity contribution in [3.05, 3.63) is 72.2 Å². The van der Waals surface area contributed by atoms with Crippen molar-refractivity contribution in [3.63, 3.8) is 0 Å². The number of pyridine rings is 2. The van der Waals surface area contributed by atoms with Gasteiger partial charge in [-0.1, -0.05) is 18.2 Å². The Bertz CT molecular complexity index is 1280. The fourth-order valence-corrected chi connectivity index (χ4v) is 3.96. The van der Waals surface area contributed by atoms with Crippen LogP contribution in [0.4, 0.5) is 0 Å². The Morgan fingerprint density at radius 2 is 1.86 bits per heavy atom. The molecular formula is C21H20N4O3S. The van der Waals surface area contributed by atoms with Crippen molar-refractivity contribution in [3.8, 4) is 17.1 Å². The molecule has 0 aliphatic carbocycles. The van der Waals surface area contributed by atoms with E-state index in [4.69, 9.17) is 9.88 Å². The lowest BCUT2D eigenvalue weighted by Gasteiger charge is -2.13. The molecule has 8 heteroatoms. The molecule has 0 aliphatic rings. The minimum atomic E-state index is -3.71. The summed E-state index contributed by atoms with van der Waals surface area (Å²) < 4.78 is 30.6. The van der Waals surface area contributed by atoms with Gasteiger partial charge in [-0.15, -0.1) is 0 Å². The number of nitrogens with zero attached hydrogens (tertiary/aromatic N) is 3. The van der Waals surface area contributed by atoms with Crippen LogP contribution in [-0.4, -0.2) is 30.1 Å². The van der Waals surface area contributed by atoms with Crippen molar-refractivity contribution >= 4 is 20.9 Å². The van der Waals surface area contributed by atoms with Crippen LogP contribution in [0.5, 0.6) is 5.88 Å². The number of fused-ring (bicyclic) bond motifs is 1. The summed E-state index contributed by atoms with van der Waals surface area (Å²) in [5.74, 6) is 0.500. The average molecular weight is 408 g/mol. The molecule has 4 aromatic rings. The summed E-state index contributed by atoms with van der Waals surface area (Å²) in [7, 11) is -2.12. The standard InChI is InChI=1S/C21H20N4O3S/c1-14-12-25(13-15-6-8-16(9-7-15)29(22,26)27)20-17(14)11-24-21(28-2)19(20)18-5-3-4-10-23-18/h3-12H,13H2,1-2H3,(H2,22,26,27). The van der Waals surface area contributed by atoms with Gasteiger partial charge in [0.05, 0.1) is 28.8 Å². The fourth-order valence-electron chi connectivity index (χ4n) is 3.44. The van der Waals surface area contributed by atoms with Crippen LogP contribution in [0.25, 0.3) is 22.2 Å². The minimum absolute atomic E-state index is 0.0924. The van der Waals surface area contributed by atoms with Gasteiger partial charge in [-0.3, -0.25) is 4.98 Å². The van der Waals surface area contributed by atoms with Gasteiger partial charge < -0.3 is 9.30 Å². The maximum atomic E-state index is 11.5. The molecule has 29 heavy (non-hydrogen) atoms. The predicted molar refractivity (Wildman–Crippen MR) is 111 cm³/mol. The molecule has 7 nitrogen and oxygen atoms in total. The number of hydrogen-bond donors (Lipinski definition) is 1. The van der Waals surface area contributed by atoms with Gasteiger partial charge in [0.1, 0.15) is 0 Å². The molecule has 148 valence electrons. The number of nitrogens with two attached hydrogens (primary N) is 1. The Labute approximate surface area is 168 Å². The van der Waals surface area contributed by atoms with Crippen LogP contribution >= 0.6 is 0 Å². The number of benzene rings is 1. The van der Waals surface area contributed by atoms with Crippen molar-refractivity contribution in [2.75, 3.05) is 7.11 Å². The molecular weight excluding hydrogens is 388 g/mol. The van der Waals surface area contributed by atoms with Crippen molar-refractivity contribution < 1.29 is 13.2 Å². The van der Waals surface area contributed by atoms with Gasteiger partial charge in [0.25, 0.3) is 0 Å². The van der Waals surface area contributed by atoms with E-state index in [1.165, 1.54) is 12.1 Å². The number of ether oxygens (including phenoxy) is 1. The van der Waals surface area contributed by atoms with Gasteiger partial charge in [-0.05, 0) is 42.3 Å². The number of hydrogen-bond acceptors (Lipinski definition) is 5. The van der Waals surface area contributed by atoms with Gasteiger partial charge in [0.2, 0.25) is 15.9 Å². The number of sulfonamides is 1. The second-order valence-corrected chi connectivity index (χ2v) is 8.31. The molecule has 0 radical (unpaired) electrons. The lowest BCUT2D eigenvalue weighted by Crippen LogP contribution is -2.12. The van der Waals surface area contributed by atoms with Crippen LogP contribution in [0.2, 0.25) is 0 Å². The number of methoxy groups -OCH3 is 1. The maximum absolute atomic E-state index is 11.5. The molecule has 0 saturated heterocycles. The first kappa shape index (κ1) is 19.1. The normalized spacial score (nSPS) is 11.7. The lowest BCUT2D eigenvalue weighted by molar-refractivity contribution is 0.400. The summed E-state index contributed by atoms with van der Waals surface area (Å²) in [5, 5.41) is 6.20. The molecule has 0 atom stereocenters. The summed E-state index contributed by atoms with van der Waals surface area (Å²) in [4.78, 5) is 9.05. The van der Waals surface area contributed by atoms with E-state index >= 15 is 0 Å². The van der Waals surface area contributed by atoms with Crippen LogP contribution in [0.3, 0.4) is 0 Å². The lowest BCUT2D eigenvalue weighted by atomic mass is 10.1. The second kappa shape index (κ2) is 7.31. The van der Waals surface area contributed by atoms with Crippen molar-refractivity contribution in [1.82, 2.24) is 14.5 Å². The summed E-state index contributed by atoms with van der Waals surface area (Å²) in [6.45, 7) is 2.57. The van der Waals surface area contributed by atoms with E-state index in [-0.39, 0.29) is 4.90 Å². The Hall–Kier alpha value is -3.23. The SMILES string of the molecule is COc1ncc2c(C)cn(Cc3ccc(S(N)(=O)=O)cc3)c2c1-c1ccccn1. The third-order valence-electron chi connectivity index (χ3n) is 4.80. The molecule has 3 heterocycles. The molecule has 4 rings (SSSR count). The highest BCUT2D eigenvalue weighted by atomic mass is 32.2. The first-order valence-electron chi connectivity index (χ1n) is 8.94. The average Bonchev–Trinajstić information content (AvgIpc) is 3.03. The van der Waals surface area contributed by atoms with Gasteiger partial charge in [-0.2, -0.15) is 0 Å². The van der Waals surface area contributed by atoms with E-state index in [0.717, 1.165) is 33.3 Å². The van der Waals surface area contributed by atoms with Gasteiger partial charge in [0, 0.05) is 30.5 Å². The Balaban J connectivity index is 1.87. The first-order valence-corrected chi connectivity index (χ1v) is 10.5. The number of aryl methyl sites for hydroxylation is 1. The zero-order valence-corrected chi connectivity index (χ0v) is 16.8. The number of rotatable bonds is 5. The summed E-state index contributed by atoms with van der Waals surface area (Å²) in [6.07, 6.45) is 5.59. The molecule has 0 bridgehead atoms. The predicted octanol–water partition coefficient (Wildman–Crippen LogP) is 3.11. The topological polar surface area (TPSA) is 100 Å². The van der Waals surface area contributed by atoms with Crippen molar-refractivity contribution in [2.45, 2.75) is 18.4 Å². The van der Waals surface area contributed by atoms with E-state index in [1.54, 1.807) is 31.6 Å². The highest BCUT2D eigenvalue weighted by Gasteiger charge is 2.19. The Morgan fingerprint density at radius 3 is 2.48 bits per heavy atom. The van der Waals surface area contributed by atoms with E-state index in [9.17, 15) is 8.42 Å². The van der Waals surface area contributed by atoms with Gasteiger partial charge in [-0.25, -0.2) is 18.5 Å². The molecule has 0 spiro atoms. The molecule has 1 aromatic carbocycles. The van der Waals surface area contributed by atoms with E-state index in [0.29, 0.717) is 12.4 Å². The molecule has 2 N–H and O–H groups in total. The van der Waals surface area contributed by atoms with Gasteiger partial charge in [0.15, 0.2) is 0 Å². The summed E-state index contributed by atoms with van der Waals surface area (Å²) >= 11 is 0. The zero-order valence-electron chi connectivity index (χ0n) is 16.0. The minimum Gasteiger partial charge on any atom is -0.480 e. The largest absolute Gasteiger partial charge is 0.480 e. The van der Waals surface area contributed by atoms with Crippen LogP contribution in [0, 0.1) is 6.92 Å². The second-order valence-electron chi connectivity index (χ2n) is 6.75. The molecule has 3 aromatic heterocycles. The Kier molecular flexibility index (Phi) is 4.81. The van der Waals surface area contributed by atoms with E-state index in [2.05, 4.69) is 14.5 Å². The fraction of sp³-hybridized carbons (Fsp3) is 0.143. The third kappa shape index (κ3) is 3.59. The van der Waals surface area contributed by atoms with Gasteiger partial charge >= 0.3 is 0 Å². The number of primary sulfonamides is 1. The zero-order chi connectivity index (χ0) is 20.6. The number of aromatic nitrogens is 3.